The molecule has 154 valence electrons. The van der Waals surface area contributed by atoms with Crippen molar-refractivity contribution in [3.8, 4) is 17.1 Å². The molecule has 2 N–H and O–H groups in total. The van der Waals surface area contributed by atoms with E-state index in [0.717, 1.165) is 63.4 Å². The second-order valence-corrected chi connectivity index (χ2v) is 8.29. The van der Waals surface area contributed by atoms with Crippen molar-refractivity contribution in [3.63, 3.8) is 0 Å². The van der Waals surface area contributed by atoms with Crippen molar-refractivity contribution in [2.24, 2.45) is 0 Å². The van der Waals surface area contributed by atoms with Crippen LogP contribution in [-0.4, -0.2) is 59.5 Å². The maximum Gasteiger partial charge on any atom is 0.236 e. The van der Waals surface area contributed by atoms with Crippen LogP contribution in [-0.2, 0) is 0 Å². The van der Waals surface area contributed by atoms with Gasteiger partial charge in [0.15, 0.2) is 0 Å². The number of aromatic nitrogens is 3. The topological polar surface area (TPSA) is 83.4 Å². The minimum atomic E-state index is -0.0607. The van der Waals surface area contributed by atoms with Gasteiger partial charge in [-0.15, -0.1) is 11.3 Å². The first-order chi connectivity index (χ1) is 14.7. The van der Waals surface area contributed by atoms with E-state index < -0.39 is 0 Å². The van der Waals surface area contributed by atoms with E-state index in [1.807, 2.05) is 18.2 Å². The lowest BCUT2D eigenvalue weighted by Gasteiger charge is -2.27. The summed E-state index contributed by atoms with van der Waals surface area (Å²) in [6.45, 7) is 5.74. The van der Waals surface area contributed by atoms with Gasteiger partial charge in [0, 0.05) is 37.1 Å². The van der Waals surface area contributed by atoms with Gasteiger partial charge in [-0.3, -0.25) is 0 Å². The molecule has 3 aromatic heterocycles. The van der Waals surface area contributed by atoms with Crippen LogP contribution < -0.4 is 15.0 Å². The fraction of sp³-hybridized carbons (Fsp3) is 0.318. The highest BCUT2D eigenvalue weighted by Crippen LogP contribution is 2.40. The Hall–Kier alpha value is -2.81. The zero-order valence-electron chi connectivity index (χ0n) is 16.8. The molecule has 1 aromatic carbocycles. The molecule has 7 nitrogen and oxygen atoms in total. The molecule has 4 heterocycles. The van der Waals surface area contributed by atoms with Crippen LogP contribution in [0.4, 0.5) is 5.95 Å². The van der Waals surface area contributed by atoms with Crippen molar-refractivity contribution in [3.05, 3.63) is 42.0 Å². The smallest absolute Gasteiger partial charge is 0.236 e. The molecule has 1 fully saturated rings. The molecule has 30 heavy (non-hydrogen) atoms. The monoisotopic (exact) mass is 421 g/mol. The van der Waals surface area contributed by atoms with E-state index in [1.165, 1.54) is 0 Å². The third-order valence-electron chi connectivity index (χ3n) is 5.24. The van der Waals surface area contributed by atoms with Crippen LogP contribution in [0.5, 0.6) is 5.88 Å². The number of benzene rings is 1. The summed E-state index contributed by atoms with van der Waals surface area (Å²) in [7, 11) is 0. The van der Waals surface area contributed by atoms with Gasteiger partial charge in [0.1, 0.15) is 21.7 Å². The number of pyridine rings is 1. The van der Waals surface area contributed by atoms with E-state index in [4.69, 9.17) is 19.7 Å². The first-order valence-corrected chi connectivity index (χ1v) is 10.9. The van der Waals surface area contributed by atoms with Crippen LogP contribution in [0.25, 0.3) is 31.7 Å². The molecule has 1 saturated heterocycles. The molecule has 1 aliphatic rings. The number of hydrogen-bond acceptors (Lipinski definition) is 8. The van der Waals surface area contributed by atoms with E-state index in [-0.39, 0.29) is 13.2 Å². The van der Waals surface area contributed by atoms with Gasteiger partial charge >= 0.3 is 0 Å². The summed E-state index contributed by atoms with van der Waals surface area (Å²) in [4.78, 5) is 17.7. The number of rotatable bonds is 5. The Morgan fingerprint density at radius 2 is 1.93 bits per heavy atom. The van der Waals surface area contributed by atoms with Crippen molar-refractivity contribution < 1.29 is 9.84 Å². The number of hydrogen-bond donors (Lipinski definition) is 2. The maximum atomic E-state index is 9.27. The van der Waals surface area contributed by atoms with Crippen molar-refractivity contribution in [2.75, 3.05) is 44.3 Å². The van der Waals surface area contributed by atoms with Gasteiger partial charge in [-0.2, -0.15) is 4.98 Å². The van der Waals surface area contributed by atoms with Gasteiger partial charge in [-0.05, 0) is 18.6 Å². The third-order valence-corrected chi connectivity index (χ3v) is 6.30. The summed E-state index contributed by atoms with van der Waals surface area (Å²) >= 11 is 1.54. The summed E-state index contributed by atoms with van der Waals surface area (Å²) in [5.41, 5.74) is 4.03. The number of aliphatic hydroxyl groups excluding tert-OH is 1. The predicted octanol–water partition coefficient (Wildman–Crippen LogP) is 3.00. The molecule has 0 spiro atoms. The van der Waals surface area contributed by atoms with E-state index in [0.29, 0.717) is 11.8 Å². The van der Waals surface area contributed by atoms with Crippen molar-refractivity contribution in [2.45, 2.75) is 6.92 Å². The molecule has 0 bridgehead atoms. The van der Waals surface area contributed by atoms with Crippen LogP contribution in [0.3, 0.4) is 0 Å². The lowest BCUT2D eigenvalue weighted by Crippen LogP contribution is -2.44. The number of nitrogens with one attached hydrogen (secondary N) is 1. The molecule has 0 unspecified atom stereocenters. The van der Waals surface area contributed by atoms with E-state index in [9.17, 15) is 5.11 Å². The van der Waals surface area contributed by atoms with Gasteiger partial charge in [0.2, 0.25) is 11.8 Å². The lowest BCUT2D eigenvalue weighted by atomic mass is 10.1. The molecule has 0 amide bonds. The van der Waals surface area contributed by atoms with Crippen LogP contribution in [0.1, 0.15) is 5.56 Å². The SMILES string of the molecule is Cc1cc(-c2ccccc2)nc2sc3c(OCCO)nc(N4CCNCC4)nc3c12. The summed E-state index contributed by atoms with van der Waals surface area (Å²) in [6, 6.07) is 12.3. The van der Waals surface area contributed by atoms with E-state index in [2.05, 4.69) is 35.3 Å². The van der Waals surface area contributed by atoms with Crippen LogP contribution in [0.2, 0.25) is 0 Å². The summed E-state index contributed by atoms with van der Waals surface area (Å²) < 4.78 is 6.70. The molecule has 0 aliphatic carbocycles. The molecule has 0 saturated carbocycles. The molecule has 1 aliphatic heterocycles. The Labute approximate surface area is 178 Å². The number of anilines is 1. The quantitative estimate of drug-likeness (QED) is 0.512. The highest BCUT2D eigenvalue weighted by Gasteiger charge is 2.21. The van der Waals surface area contributed by atoms with Crippen LogP contribution in [0.15, 0.2) is 36.4 Å². The standard InChI is InChI=1S/C22H23N5O2S/c1-14-13-16(15-5-3-2-4-6-15)24-21-17(14)18-19(30-21)20(29-12-11-28)26-22(25-18)27-9-7-23-8-10-27/h2-6,13,23,28H,7-12H2,1H3. The second-order valence-electron chi connectivity index (χ2n) is 7.29. The second kappa shape index (κ2) is 8.14. The average molecular weight is 422 g/mol. The number of thiophene rings is 1. The van der Waals surface area contributed by atoms with Gasteiger partial charge in [0.25, 0.3) is 0 Å². The van der Waals surface area contributed by atoms with Crippen molar-refractivity contribution in [1.29, 1.82) is 0 Å². The van der Waals surface area contributed by atoms with Gasteiger partial charge in [-0.25, -0.2) is 9.97 Å². The molecule has 0 atom stereocenters. The van der Waals surface area contributed by atoms with Crippen LogP contribution >= 0.6 is 11.3 Å². The normalized spacial score (nSPS) is 14.5. The number of nitrogens with zero attached hydrogens (tertiary/aromatic N) is 4. The number of piperazine rings is 1. The van der Waals surface area contributed by atoms with Crippen molar-refractivity contribution in [1.82, 2.24) is 20.3 Å². The highest BCUT2D eigenvalue weighted by atomic mass is 32.1. The minimum absolute atomic E-state index is 0.0607. The zero-order chi connectivity index (χ0) is 20.5. The molecular formula is C22H23N5O2S. The summed E-state index contributed by atoms with van der Waals surface area (Å²) in [5.74, 6) is 1.19. The molecule has 5 rings (SSSR count). The first-order valence-electron chi connectivity index (χ1n) is 10.1. The Kier molecular flexibility index (Phi) is 5.20. The first kappa shape index (κ1) is 19.2. The Bertz CT molecular complexity index is 1190. The predicted molar refractivity (Wildman–Crippen MR) is 121 cm³/mol. The van der Waals surface area contributed by atoms with Gasteiger partial charge in [0.05, 0.1) is 12.3 Å². The highest BCUT2D eigenvalue weighted by molar-refractivity contribution is 7.25. The maximum absolute atomic E-state index is 9.27. The largest absolute Gasteiger partial charge is 0.474 e. The summed E-state index contributed by atoms with van der Waals surface area (Å²) in [5, 5.41) is 13.7. The lowest BCUT2D eigenvalue weighted by molar-refractivity contribution is 0.198. The molecule has 4 aromatic rings. The van der Waals surface area contributed by atoms with Crippen LogP contribution in [0, 0.1) is 6.92 Å². The minimum Gasteiger partial charge on any atom is -0.474 e. The Balaban J connectivity index is 1.70. The van der Waals surface area contributed by atoms with Gasteiger partial charge in [-0.1, -0.05) is 30.3 Å². The Morgan fingerprint density at radius 1 is 1.13 bits per heavy atom. The number of fused-ring (bicyclic) bond motifs is 3. The van der Waals surface area contributed by atoms with E-state index in [1.54, 1.807) is 11.3 Å². The summed E-state index contributed by atoms with van der Waals surface area (Å²) in [6.07, 6.45) is 0. The molecule has 0 radical (unpaired) electrons. The van der Waals surface area contributed by atoms with Crippen molar-refractivity contribution >= 4 is 37.7 Å². The number of aryl methyl sites for hydroxylation is 1. The Morgan fingerprint density at radius 3 is 2.70 bits per heavy atom. The third kappa shape index (κ3) is 3.47. The number of ether oxygens (including phenoxy) is 1. The number of aliphatic hydroxyl groups is 1. The van der Waals surface area contributed by atoms with Gasteiger partial charge < -0.3 is 20.1 Å². The fourth-order valence-electron chi connectivity index (χ4n) is 3.79. The fourth-order valence-corrected chi connectivity index (χ4v) is 4.92. The van der Waals surface area contributed by atoms with E-state index >= 15 is 0 Å². The average Bonchev–Trinajstić information content (AvgIpc) is 3.17. The molecular weight excluding hydrogens is 398 g/mol. The molecule has 8 heteroatoms. The zero-order valence-corrected chi connectivity index (χ0v) is 17.6.